The summed E-state index contributed by atoms with van der Waals surface area (Å²) in [6.45, 7) is 1.69. The van der Waals surface area contributed by atoms with E-state index in [1.54, 1.807) is 6.20 Å². The van der Waals surface area contributed by atoms with E-state index < -0.39 is 0 Å². The lowest BCUT2D eigenvalue weighted by atomic mass is 10.1. The minimum absolute atomic E-state index is 0.137. The molecule has 3 fully saturated rings. The zero-order valence-corrected chi connectivity index (χ0v) is 11.6. The van der Waals surface area contributed by atoms with Crippen LogP contribution in [0.5, 0.6) is 5.88 Å². The van der Waals surface area contributed by atoms with E-state index >= 15 is 0 Å². The highest BCUT2D eigenvalue weighted by Gasteiger charge is 2.40. The molecular weight excluding hydrogens is 252 g/mol. The van der Waals surface area contributed by atoms with Gasteiger partial charge in [0.1, 0.15) is 0 Å². The van der Waals surface area contributed by atoms with Gasteiger partial charge >= 0.3 is 0 Å². The predicted molar refractivity (Wildman–Crippen MR) is 74.6 cm³/mol. The van der Waals surface area contributed by atoms with E-state index in [-0.39, 0.29) is 5.91 Å². The smallest absolute Gasteiger partial charge is 0.255 e. The van der Waals surface area contributed by atoms with Gasteiger partial charge in [0.2, 0.25) is 5.88 Å². The second-order valence-corrected chi connectivity index (χ2v) is 6.43. The first-order valence-electron chi connectivity index (χ1n) is 7.69. The molecule has 106 valence electrons. The summed E-state index contributed by atoms with van der Waals surface area (Å²) in [5.41, 5.74) is 0.691. The molecular formula is C16H20N2O2. The maximum absolute atomic E-state index is 12.5. The second-order valence-electron chi connectivity index (χ2n) is 6.43. The average molecular weight is 272 g/mol. The van der Waals surface area contributed by atoms with E-state index in [0.29, 0.717) is 17.5 Å². The number of piperidine rings is 1. The molecule has 1 amide bonds. The van der Waals surface area contributed by atoms with E-state index in [0.717, 1.165) is 25.0 Å². The minimum Gasteiger partial charge on any atom is -0.477 e. The molecule has 4 nitrogen and oxygen atoms in total. The fourth-order valence-corrected chi connectivity index (χ4v) is 3.42. The van der Waals surface area contributed by atoms with Crippen LogP contribution in [0, 0.1) is 11.8 Å². The number of carbonyl (C=O) groups excluding carboxylic acids is 1. The van der Waals surface area contributed by atoms with Gasteiger partial charge in [-0.25, -0.2) is 4.98 Å². The van der Waals surface area contributed by atoms with Crippen molar-refractivity contribution in [2.24, 2.45) is 11.8 Å². The molecule has 4 heteroatoms. The molecule has 0 spiro atoms. The normalized spacial score (nSPS) is 27.9. The van der Waals surface area contributed by atoms with Crippen LogP contribution in [0.4, 0.5) is 0 Å². The van der Waals surface area contributed by atoms with Crippen LogP contribution in [0.3, 0.4) is 0 Å². The molecule has 1 saturated heterocycles. The molecule has 1 aromatic heterocycles. The largest absolute Gasteiger partial charge is 0.477 e. The highest BCUT2D eigenvalue weighted by atomic mass is 16.5. The standard InChI is InChI=1S/C16H20N2O2/c19-16(18-9-12-3-5-14(18)7-12)13-4-6-15(17-8-13)20-10-11-1-2-11/h4,6,8,11-12,14H,1-3,5,7,9-10H2. The monoisotopic (exact) mass is 272 g/mol. The topological polar surface area (TPSA) is 42.4 Å². The van der Waals surface area contributed by atoms with Gasteiger partial charge in [0.25, 0.3) is 5.91 Å². The first-order valence-corrected chi connectivity index (χ1v) is 7.69. The number of fused-ring (bicyclic) bond motifs is 2. The molecule has 2 bridgehead atoms. The Labute approximate surface area is 119 Å². The Morgan fingerprint density at radius 3 is 2.80 bits per heavy atom. The molecule has 1 aromatic rings. The predicted octanol–water partition coefficient (Wildman–Crippen LogP) is 2.49. The Morgan fingerprint density at radius 2 is 2.20 bits per heavy atom. The van der Waals surface area contributed by atoms with E-state index in [2.05, 4.69) is 4.98 Å². The Hall–Kier alpha value is -1.58. The third-order valence-corrected chi connectivity index (χ3v) is 4.82. The number of carbonyl (C=O) groups is 1. The minimum atomic E-state index is 0.137. The molecule has 2 unspecified atom stereocenters. The van der Waals surface area contributed by atoms with Crippen molar-refractivity contribution in [2.75, 3.05) is 13.2 Å². The van der Waals surface area contributed by atoms with Crippen LogP contribution in [0.25, 0.3) is 0 Å². The zero-order chi connectivity index (χ0) is 13.5. The lowest BCUT2D eigenvalue weighted by Crippen LogP contribution is -2.37. The van der Waals surface area contributed by atoms with E-state index in [1.807, 2.05) is 17.0 Å². The molecule has 0 aromatic carbocycles. The van der Waals surface area contributed by atoms with Crippen LogP contribution in [0.2, 0.25) is 0 Å². The van der Waals surface area contributed by atoms with Gasteiger partial charge in [-0.05, 0) is 50.0 Å². The van der Waals surface area contributed by atoms with Crippen LogP contribution < -0.4 is 4.74 Å². The first kappa shape index (κ1) is 12.2. The molecule has 3 aliphatic rings. The van der Waals surface area contributed by atoms with Crippen molar-refractivity contribution in [1.82, 2.24) is 9.88 Å². The van der Waals surface area contributed by atoms with E-state index in [1.165, 1.54) is 32.1 Å². The number of amides is 1. The fourth-order valence-electron chi connectivity index (χ4n) is 3.42. The summed E-state index contributed by atoms with van der Waals surface area (Å²) in [6.07, 6.45) is 7.87. The lowest BCUT2D eigenvalue weighted by Gasteiger charge is -2.26. The van der Waals surface area contributed by atoms with Crippen LogP contribution in [-0.2, 0) is 0 Å². The molecule has 1 aliphatic heterocycles. The van der Waals surface area contributed by atoms with Crippen molar-refractivity contribution in [3.8, 4) is 5.88 Å². The fraction of sp³-hybridized carbons (Fsp3) is 0.625. The Kier molecular flexibility index (Phi) is 2.90. The van der Waals surface area contributed by atoms with Gasteiger partial charge in [0.05, 0.1) is 12.2 Å². The molecule has 20 heavy (non-hydrogen) atoms. The van der Waals surface area contributed by atoms with Crippen molar-refractivity contribution in [2.45, 2.75) is 38.1 Å². The number of aromatic nitrogens is 1. The summed E-state index contributed by atoms with van der Waals surface area (Å²) in [4.78, 5) is 18.8. The molecule has 2 aliphatic carbocycles. The van der Waals surface area contributed by atoms with Gasteiger partial charge in [-0.1, -0.05) is 0 Å². The number of nitrogens with zero attached hydrogens (tertiary/aromatic N) is 2. The molecule has 4 rings (SSSR count). The number of hydrogen-bond donors (Lipinski definition) is 0. The molecule has 2 saturated carbocycles. The summed E-state index contributed by atoms with van der Waals surface area (Å²) in [7, 11) is 0. The van der Waals surface area contributed by atoms with Gasteiger partial charge in [-0.15, -0.1) is 0 Å². The maximum atomic E-state index is 12.5. The van der Waals surface area contributed by atoms with Crippen molar-refractivity contribution in [3.63, 3.8) is 0 Å². The zero-order valence-electron chi connectivity index (χ0n) is 11.6. The first-order chi connectivity index (χ1) is 9.79. The van der Waals surface area contributed by atoms with Crippen molar-refractivity contribution in [3.05, 3.63) is 23.9 Å². The quantitative estimate of drug-likeness (QED) is 0.845. The van der Waals surface area contributed by atoms with Gasteiger partial charge in [-0.3, -0.25) is 4.79 Å². The third-order valence-electron chi connectivity index (χ3n) is 4.82. The van der Waals surface area contributed by atoms with Crippen LogP contribution in [0.1, 0.15) is 42.5 Å². The lowest BCUT2D eigenvalue weighted by molar-refractivity contribution is 0.0703. The highest BCUT2D eigenvalue weighted by molar-refractivity contribution is 5.94. The number of ether oxygens (including phenoxy) is 1. The number of hydrogen-bond acceptors (Lipinski definition) is 3. The van der Waals surface area contributed by atoms with Crippen LogP contribution >= 0.6 is 0 Å². The summed E-state index contributed by atoms with van der Waals surface area (Å²) in [5.74, 6) is 2.23. The van der Waals surface area contributed by atoms with E-state index in [4.69, 9.17) is 4.74 Å². The van der Waals surface area contributed by atoms with Gasteiger partial charge in [-0.2, -0.15) is 0 Å². The molecule has 0 N–H and O–H groups in total. The SMILES string of the molecule is O=C(c1ccc(OCC2CC2)nc1)N1CC2CCC1C2. The van der Waals surface area contributed by atoms with Crippen molar-refractivity contribution >= 4 is 5.91 Å². The Bertz CT molecular complexity index is 510. The average Bonchev–Trinajstić information content (AvgIpc) is 3.08. The summed E-state index contributed by atoms with van der Waals surface area (Å²) in [5, 5.41) is 0. The number of pyridine rings is 1. The van der Waals surface area contributed by atoms with E-state index in [9.17, 15) is 4.79 Å². The van der Waals surface area contributed by atoms with Crippen molar-refractivity contribution in [1.29, 1.82) is 0 Å². The maximum Gasteiger partial charge on any atom is 0.255 e. The van der Waals surface area contributed by atoms with Gasteiger partial charge < -0.3 is 9.64 Å². The molecule has 0 radical (unpaired) electrons. The Morgan fingerprint density at radius 1 is 1.30 bits per heavy atom. The molecule has 2 atom stereocenters. The third kappa shape index (κ3) is 2.28. The number of rotatable bonds is 4. The van der Waals surface area contributed by atoms with Gasteiger partial charge in [0, 0.05) is 24.8 Å². The van der Waals surface area contributed by atoms with Gasteiger partial charge in [0.15, 0.2) is 0 Å². The number of likely N-dealkylation sites (tertiary alicyclic amines) is 1. The summed E-state index contributed by atoms with van der Waals surface area (Å²) >= 11 is 0. The Balaban J connectivity index is 1.41. The summed E-state index contributed by atoms with van der Waals surface area (Å²) in [6, 6.07) is 4.14. The highest BCUT2D eigenvalue weighted by Crippen LogP contribution is 2.38. The summed E-state index contributed by atoms with van der Waals surface area (Å²) < 4.78 is 5.60. The van der Waals surface area contributed by atoms with Crippen molar-refractivity contribution < 1.29 is 9.53 Å². The second kappa shape index (κ2) is 4.76. The molecule has 2 heterocycles. The van der Waals surface area contributed by atoms with Crippen LogP contribution in [0.15, 0.2) is 18.3 Å². The van der Waals surface area contributed by atoms with Crippen LogP contribution in [-0.4, -0.2) is 35.0 Å².